The Kier molecular flexibility index (Phi) is 2.42. The fraction of sp³-hybridized carbons (Fsp3) is 0.636. The average Bonchev–Trinajstić information content (AvgIpc) is 2.97. The van der Waals surface area contributed by atoms with E-state index in [-0.39, 0.29) is 23.7 Å². The first-order valence-electron chi connectivity index (χ1n) is 5.95. The number of nitrogens with zero attached hydrogens (tertiary/aromatic N) is 3. The highest BCUT2D eigenvalue weighted by Gasteiger charge is 2.44. The number of likely N-dealkylation sites (tertiary alicyclic amines) is 1. The van der Waals surface area contributed by atoms with Crippen LogP contribution in [0.25, 0.3) is 0 Å². The second-order valence-corrected chi connectivity index (χ2v) is 4.72. The van der Waals surface area contributed by atoms with Gasteiger partial charge in [0.05, 0.1) is 0 Å². The molecule has 0 spiro atoms. The first kappa shape index (κ1) is 10.4. The monoisotopic (exact) mass is 234 g/mol. The third-order valence-corrected chi connectivity index (χ3v) is 3.70. The number of rotatable bonds is 3. The van der Waals surface area contributed by atoms with Crippen LogP contribution >= 0.6 is 0 Å². The van der Waals surface area contributed by atoms with Crippen molar-refractivity contribution in [2.24, 2.45) is 11.8 Å². The van der Waals surface area contributed by atoms with Crippen molar-refractivity contribution < 1.29 is 9.59 Å². The smallest absolute Gasteiger partial charge is 0.232 e. The van der Waals surface area contributed by atoms with Crippen LogP contribution in [-0.2, 0) is 16.0 Å². The third-order valence-electron chi connectivity index (χ3n) is 3.70. The highest BCUT2D eigenvalue weighted by atomic mass is 16.2. The molecule has 2 fully saturated rings. The summed E-state index contributed by atoms with van der Waals surface area (Å²) in [6, 6.07) is 0. The molecule has 2 unspecified atom stereocenters. The Labute approximate surface area is 98.4 Å². The van der Waals surface area contributed by atoms with Crippen LogP contribution in [-0.4, -0.2) is 38.4 Å². The van der Waals surface area contributed by atoms with Gasteiger partial charge in [0.1, 0.15) is 12.2 Å². The van der Waals surface area contributed by atoms with Gasteiger partial charge in [-0.05, 0) is 19.3 Å². The molecule has 2 aliphatic rings. The van der Waals surface area contributed by atoms with Crippen molar-refractivity contribution in [2.45, 2.75) is 25.7 Å². The topological polar surface area (TPSA) is 79.0 Å². The molecule has 17 heavy (non-hydrogen) atoms. The van der Waals surface area contributed by atoms with Gasteiger partial charge in [-0.3, -0.25) is 19.6 Å². The van der Waals surface area contributed by atoms with Gasteiger partial charge in [-0.25, -0.2) is 4.98 Å². The molecule has 90 valence electrons. The number of fused-ring (bicyclic) bond motifs is 2. The molecule has 1 saturated carbocycles. The molecule has 2 atom stereocenters. The standard InChI is InChI=1S/C11H14N4O2/c16-10-7-1-2-8(5-7)11(17)15(10)4-3-9-12-6-13-14-9/h6-8H,1-5H2,(H,12,13,14). The Morgan fingerprint density at radius 2 is 2.00 bits per heavy atom. The molecule has 1 aliphatic carbocycles. The number of imide groups is 1. The summed E-state index contributed by atoms with van der Waals surface area (Å²) in [5.74, 6) is 0.870. The van der Waals surface area contributed by atoms with Crippen molar-refractivity contribution in [1.29, 1.82) is 0 Å². The minimum absolute atomic E-state index is 0.00302. The highest BCUT2D eigenvalue weighted by molar-refractivity contribution is 6.00. The van der Waals surface area contributed by atoms with Gasteiger partial charge >= 0.3 is 0 Å². The number of piperidine rings is 1. The summed E-state index contributed by atoms with van der Waals surface area (Å²) < 4.78 is 0. The van der Waals surface area contributed by atoms with E-state index in [9.17, 15) is 9.59 Å². The van der Waals surface area contributed by atoms with Gasteiger partial charge in [0, 0.05) is 24.8 Å². The van der Waals surface area contributed by atoms with Crippen LogP contribution in [0, 0.1) is 11.8 Å². The molecule has 2 amide bonds. The quantitative estimate of drug-likeness (QED) is 0.754. The van der Waals surface area contributed by atoms with Crippen molar-refractivity contribution in [3.05, 3.63) is 12.2 Å². The van der Waals surface area contributed by atoms with Gasteiger partial charge in [0.25, 0.3) is 0 Å². The Balaban J connectivity index is 1.69. The number of amides is 2. The van der Waals surface area contributed by atoms with E-state index < -0.39 is 0 Å². The van der Waals surface area contributed by atoms with Gasteiger partial charge in [0.2, 0.25) is 11.8 Å². The van der Waals surface area contributed by atoms with E-state index in [1.807, 2.05) is 0 Å². The molecule has 0 radical (unpaired) electrons. The zero-order valence-electron chi connectivity index (χ0n) is 9.43. The molecule has 1 aromatic rings. The number of hydrogen-bond donors (Lipinski definition) is 1. The van der Waals surface area contributed by atoms with E-state index in [0.717, 1.165) is 19.3 Å². The molecule has 1 aliphatic heterocycles. The zero-order valence-corrected chi connectivity index (χ0v) is 9.43. The van der Waals surface area contributed by atoms with Crippen molar-refractivity contribution >= 4 is 11.8 Å². The van der Waals surface area contributed by atoms with Crippen LogP contribution in [0.5, 0.6) is 0 Å². The Hall–Kier alpha value is -1.72. The summed E-state index contributed by atoms with van der Waals surface area (Å²) in [6.07, 6.45) is 4.48. The van der Waals surface area contributed by atoms with Crippen LogP contribution in [0.2, 0.25) is 0 Å². The van der Waals surface area contributed by atoms with E-state index >= 15 is 0 Å². The molecule has 1 N–H and O–H groups in total. The van der Waals surface area contributed by atoms with E-state index in [1.54, 1.807) is 0 Å². The van der Waals surface area contributed by atoms with Crippen LogP contribution < -0.4 is 0 Å². The summed E-state index contributed by atoms with van der Waals surface area (Å²) in [4.78, 5) is 29.4. The lowest BCUT2D eigenvalue weighted by atomic mass is 9.97. The van der Waals surface area contributed by atoms with E-state index in [0.29, 0.717) is 18.8 Å². The van der Waals surface area contributed by atoms with Gasteiger partial charge in [-0.15, -0.1) is 0 Å². The molecular formula is C11H14N4O2. The summed E-state index contributed by atoms with van der Waals surface area (Å²) in [5, 5.41) is 6.48. The summed E-state index contributed by atoms with van der Waals surface area (Å²) in [7, 11) is 0. The highest BCUT2D eigenvalue weighted by Crippen LogP contribution is 2.37. The van der Waals surface area contributed by atoms with Crippen molar-refractivity contribution in [3.8, 4) is 0 Å². The number of nitrogens with one attached hydrogen (secondary N) is 1. The zero-order chi connectivity index (χ0) is 11.8. The van der Waals surface area contributed by atoms with Gasteiger partial charge in [-0.2, -0.15) is 5.10 Å². The molecule has 2 heterocycles. The van der Waals surface area contributed by atoms with Crippen LogP contribution in [0.3, 0.4) is 0 Å². The van der Waals surface area contributed by atoms with Gasteiger partial charge in [0.15, 0.2) is 0 Å². The molecule has 1 saturated heterocycles. The second-order valence-electron chi connectivity index (χ2n) is 4.72. The molecule has 0 aromatic carbocycles. The predicted molar refractivity (Wildman–Crippen MR) is 57.6 cm³/mol. The number of hydrogen-bond acceptors (Lipinski definition) is 4. The molecule has 3 rings (SSSR count). The van der Waals surface area contributed by atoms with E-state index in [2.05, 4.69) is 15.2 Å². The maximum absolute atomic E-state index is 12.0. The van der Waals surface area contributed by atoms with Crippen LogP contribution in [0.1, 0.15) is 25.1 Å². The maximum Gasteiger partial charge on any atom is 0.232 e. The first-order valence-corrected chi connectivity index (χ1v) is 5.95. The first-order chi connectivity index (χ1) is 8.25. The number of carbonyl (C=O) groups excluding carboxylic acids is 2. The maximum atomic E-state index is 12.0. The van der Waals surface area contributed by atoms with Gasteiger partial charge in [-0.1, -0.05) is 0 Å². The molecule has 6 heteroatoms. The molecule has 1 aromatic heterocycles. The predicted octanol–water partition coefficient (Wildman–Crippen LogP) is 0.132. The Morgan fingerprint density at radius 3 is 2.59 bits per heavy atom. The Morgan fingerprint density at radius 1 is 1.29 bits per heavy atom. The lowest BCUT2D eigenvalue weighted by Gasteiger charge is -2.29. The van der Waals surface area contributed by atoms with E-state index in [4.69, 9.17) is 0 Å². The minimum atomic E-state index is 0.00302. The van der Waals surface area contributed by atoms with Crippen molar-refractivity contribution in [2.75, 3.05) is 6.54 Å². The molecular weight excluding hydrogens is 220 g/mol. The summed E-state index contributed by atoms with van der Waals surface area (Å²) in [6.45, 7) is 0.417. The van der Waals surface area contributed by atoms with Crippen LogP contribution in [0.15, 0.2) is 6.33 Å². The number of aromatic amines is 1. The lowest BCUT2D eigenvalue weighted by molar-refractivity contribution is -0.152. The number of carbonyl (C=O) groups is 2. The number of aromatic nitrogens is 3. The Bertz CT molecular complexity index is 420. The summed E-state index contributed by atoms with van der Waals surface area (Å²) in [5.41, 5.74) is 0. The van der Waals surface area contributed by atoms with Crippen molar-refractivity contribution in [3.63, 3.8) is 0 Å². The fourth-order valence-electron chi connectivity index (χ4n) is 2.77. The number of H-pyrrole nitrogens is 1. The fourth-order valence-corrected chi connectivity index (χ4v) is 2.77. The summed E-state index contributed by atoms with van der Waals surface area (Å²) >= 11 is 0. The molecule has 2 bridgehead atoms. The third kappa shape index (κ3) is 1.73. The molecule has 6 nitrogen and oxygen atoms in total. The second kappa shape index (κ2) is 3.94. The van der Waals surface area contributed by atoms with Crippen LogP contribution in [0.4, 0.5) is 0 Å². The SMILES string of the molecule is O=C1C2CCC(C2)C(=O)N1CCc1ncn[nH]1. The van der Waals surface area contributed by atoms with Gasteiger partial charge < -0.3 is 0 Å². The van der Waals surface area contributed by atoms with E-state index in [1.165, 1.54) is 11.2 Å². The van der Waals surface area contributed by atoms with Crippen molar-refractivity contribution in [1.82, 2.24) is 20.1 Å². The minimum Gasteiger partial charge on any atom is -0.282 e. The normalized spacial score (nSPS) is 27.9. The largest absolute Gasteiger partial charge is 0.282 e. The average molecular weight is 234 g/mol. The lowest BCUT2D eigenvalue weighted by Crippen LogP contribution is -2.47.